The zero-order valence-corrected chi connectivity index (χ0v) is 92.4. The van der Waals surface area contributed by atoms with Crippen molar-refractivity contribution < 1.29 is 0 Å². The fourth-order valence-electron chi connectivity index (χ4n) is 18.5. The standard InChI is InChI=1S/C104H142N4Si12/c1-109(2,3)69-49-53-73(77(65-69)101-89(113(13,14)15)41-37-42-90(101)114(16,17)18)97-81-57-59-83(105-81)98(74-54-50-70(110(4,5)6)66-78(74)102-91(115(19,20)21)43-38-44-92(102)116(22,23)24)85-61-63-87(107-85)100(76-56-52-72(112(10,11)12)68-80(76)104-95(119(31,32)33)47-40-48-96(104)120(34,35)36)88-64-62-86(108-88)99(84-60-58-82(97)106-84)75-55-51-71(111(7,8)9)67-79(75)103-93(117(25,26)27)45-39-46-94(103)118(28,29)30/h37-68,105,108H,1-36H3. The number of benzene rings is 8. The number of aromatic amines is 2. The lowest BCUT2D eigenvalue weighted by Gasteiger charge is -2.30. The van der Waals surface area contributed by atoms with Gasteiger partial charge in [0.2, 0.25) is 0 Å². The summed E-state index contributed by atoms with van der Waals surface area (Å²) in [5, 5.41) is 18.0. The average Bonchev–Trinajstić information content (AvgIpc) is 1.36. The Labute approximate surface area is 736 Å². The molecule has 0 aliphatic carbocycles. The molecule has 626 valence electrons. The molecule has 0 amide bonds. The maximum Gasteiger partial charge on any atom is 0.0784 e. The van der Waals surface area contributed by atoms with E-state index in [9.17, 15) is 0 Å². The van der Waals surface area contributed by atoms with Gasteiger partial charge in [-0.2, -0.15) is 0 Å². The number of hydrogen-bond donors (Lipinski definition) is 2. The van der Waals surface area contributed by atoms with Crippen LogP contribution in [0.2, 0.25) is 236 Å². The van der Waals surface area contributed by atoms with E-state index in [1.54, 1.807) is 0 Å². The number of rotatable bonds is 20. The Morgan fingerprint density at radius 3 is 0.467 bits per heavy atom. The molecule has 2 aliphatic heterocycles. The smallest absolute Gasteiger partial charge is 0.0784 e. The molecule has 0 saturated heterocycles. The van der Waals surface area contributed by atoms with E-state index < -0.39 is 96.9 Å². The van der Waals surface area contributed by atoms with Crippen molar-refractivity contribution in [2.24, 2.45) is 0 Å². The molecule has 0 atom stereocenters. The first-order chi connectivity index (χ1) is 55.1. The van der Waals surface area contributed by atoms with Crippen LogP contribution in [0.1, 0.15) is 22.8 Å². The van der Waals surface area contributed by atoms with E-state index in [0.717, 1.165) is 67.1 Å². The van der Waals surface area contributed by atoms with Crippen molar-refractivity contribution in [2.75, 3.05) is 0 Å². The number of nitrogens with zero attached hydrogens (tertiary/aromatic N) is 2. The van der Waals surface area contributed by atoms with Crippen molar-refractivity contribution in [1.29, 1.82) is 0 Å². The van der Waals surface area contributed by atoms with Crippen LogP contribution in [0.15, 0.2) is 170 Å². The Morgan fingerprint density at radius 2 is 0.325 bits per heavy atom. The molecule has 120 heavy (non-hydrogen) atoms. The van der Waals surface area contributed by atoms with Crippen molar-refractivity contribution in [3.63, 3.8) is 0 Å². The first-order valence-corrected chi connectivity index (χ1v) is 86.5. The van der Waals surface area contributed by atoms with Gasteiger partial charge in [0.15, 0.2) is 0 Å². The van der Waals surface area contributed by atoms with Gasteiger partial charge in [0.25, 0.3) is 0 Å². The molecule has 13 rings (SSSR count). The highest BCUT2D eigenvalue weighted by atomic mass is 28.3. The number of hydrogen-bond acceptors (Lipinski definition) is 2. The quantitative estimate of drug-likeness (QED) is 0.0747. The summed E-state index contributed by atoms with van der Waals surface area (Å²) < 4.78 is 0. The van der Waals surface area contributed by atoms with Crippen molar-refractivity contribution in [3.05, 3.63) is 193 Å². The van der Waals surface area contributed by atoms with Crippen LogP contribution in [0.25, 0.3) is 135 Å². The summed E-state index contributed by atoms with van der Waals surface area (Å²) in [7, 11) is -24.2. The highest BCUT2D eigenvalue weighted by molar-refractivity contribution is 6.97. The minimum Gasteiger partial charge on any atom is -0.354 e. The van der Waals surface area contributed by atoms with E-state index in [-0.39, 0.29) is 0 Å². The fraction of sp³-hybridized carbons (Fsp3) is 0.346. The predicted molar refractivity (Wildman–Crippen MR) is 578 cm³/mol. The third-order valence-corrected chi connectivity index (χ3v) is 49.6. The molecule has 4 nitrogen and oxygen atoms in total. The van der Waals surface area contributed by atoms with Gasteiger partial charge < -0.3 is 9.97 Å². The van der Waals surface area contributed by atoms with E-state index >= 15 is 0 Å². The molecular weight excluding hydrogens is 1640 g/mol. The third-order valence-electron chi connectivity index (χ3n) is 25.2. The van der Waals surface area contributed by atoms with Crippen molar-refractivity contribution in [3.8, 4) is 89.0 Å². The maximum atomic E-state index is 6.42. The SMILES string of the molecule is C[Si](C)(C)c1ccc(-c2c3nc(c(-c4ccc([Si](C)(C)C)cc4-c4c([Si](C)(C)C)cccc4[Si](C)(C)C)c4ccc([nH]4)c(-c4ccc([Si](C)(C)C)cc4-c4c([Si](C)(C)C)cccc4[Si](C)(C)C)c4nc(c(-c5ccc([Si](C)(C)C)cc5-c5c([Si](C)(C)C)cccc5[Si](C)(C)C)c5ccc2[nH]5)C=C4)C=C3)c(-c2c([Si](C)(C)C)cccc2[Si](C)(C)C)c1. The van der Waals surface area contributed by atoms with Crippen LogP contribution < -0.4 is 62.2 Å². The molecule has 2 aliphatic rings. The Hall–Kier alpha value is -7.04. The normalized spacial score (nSPS) is 13.8. The highest BCUT2D eigenvalue weighted by Gasteiger charge is 2.39. The number of fused-ring (bicyclic) bond motifs is 8. The van der Waals surface area contributed by atoms with Crippen molar-refractivity contribution >= 4 is 205 Å². The monoisotopic (exact) mass is 1780 g/mol. The average molecular weight is 1790 g/mol. The van der Waals surface area contributed by atoms with Crippen LogP contribution in [0.5, 0.6) is 0 Å². The number of aromatic nitrogens is 4. The lowest BCUT2D eigenvalue weighted by Crippen LogP contribution is -2.47. The zero-order chi connectivity index (χ0) is 88.2. The molecule has 0 radical (unpaired) electrons. The molecule has 0 unspecified atom stereocenters. The van der Waals surface area contributed by atoms with Crippen LogP contribution in [0.3, 0.4) is 0 Å². The second kappa shape index (κ2) is 31.6. The van der Waals surface area contributed by atoms with Crippen LogP contribution in [0, 0.1) is 0 Å². The first-order valence-electron chi connectivity index (χ1n) is 44.5. The Morgan fingerprint density at radius 1 is 0.167 bits per heavy atom. The minimum atomic E-state index is -2.05. The topological polar surface area (TPSA) is 57.4 Å². The Kier molecular flexibility index (Phi) is 23.9. The van der Waals surface area contributed by atoms with Gasteiger partial charge in [-0.3, -0.25) is 0 Å². The largest absolute Gasteiger partial charge is 0.354 e. The van der Waals surface area contributed by atoms with E-state index in [1.165, 1.54) is 129 Å². The molecular formula is C104H142N4Si12. The van der Waals surface area contributed by atoms with Gasteiger partial charge in [0.1, 0.15) is 0 Å². The maximum absolute atomic E-state index is 6.42. The summed E-state index contributed by atoms with van der Waals surface area (Å²) in [5.74, 6) is 0. The predicted octanol–water partition coefficient (Wildman–Crippen LogP) is 24.5. The third kappa shape index (κ3) is 18.0. The van der Waals surface area contributed by atoms with Crippen molar-refractivity contribution in [2.45, 2.75) is 236 Å². The van der Waals surface area contributed by atoms with Gasteiger partial charge in [-0.15, -0.1) is 0 Å². The highest BCUT2D eigenvalue weighted by Crippen LogP contribution is 2.47. The van der Waals surface area contributed by atoms with Crippen LogP contribution >= 0.6 is 0 Å². The van der Waals surface area contributed by atoms with Gasteiger partial charge >= 0.3 is 0 Å². The molecule has 11 aromatic rings. The van der Waals surface area contributed by atoms with Gasteiger partial charge in [0, 0.05) is 44.3 Å². The lowest BCUT2D eigenvalue weighted by molar-refractivity contribution is 1.31. The number of H-pyrrole nitrogens is 2. The summed E-state index contributed by atoms with van der Waals surface area (Å²) >= 11 is 0. The summed E-state index contributed by atoms with van der Waals surface area (Å²) in [4.78, 5) is 21.8. The molecule has 8 bridgehead atoms. The molecule has 16 heteroatoms. The summed E-state index contributed by atoms with van der Waals surface area (Å²) in [6.07, 6.45) is 9.60. The van der Waals surface area contributed by atoms with Gasteiger partial charge in [-0.1, -0.05) is 444 Å². The summed E-state index contributed by atoms with van der Waals surface area (Å²) in [5.41, 5.74) is 28.2. The van der Waals surface area contributed by atoms with E-state index in [0.29, 0.717) is 0 Å². The van der Waals surface area contributed by atoms with E-state index in [2.05, 4.69) is 440 Å². The molecule has 0 spiro atoms. The van der Waals surface area contributed by atoms with E-state index in [1.807, 2.05) is 0 Å². The molecule has 3 aromatic heterocycles. The second-order valence-electron chi connectivity index (χ2n) is 47.5. The lowest BCUT2D eigenvalue weighted by atomic mass is 9.93. The summed E-state index contributed by atoms with van der Waals surface area (Å²) in [6.45, 7) is 91.8. The van der Waals surface area contributed by atoms with Gasteiger partial charge in [-0.25, -0.2) is 9.97 Å². The zero-order valence-electron chi connectivity index (χ0n) is 80.4. The molecule has 0 fully saturated rings. The van der Waals surface area contributed by atoms with Gasteiger partial charge in [0.05, 0.1) is 120 Å². The van der Waals surface area contributed by atoms with Gasteiger partial charge in [-0.05, 0) is 115 Å². The van der Waals surface area contributed by atoms with E-state index in [4.69, 9.17) is 9.97 Å². The molecule has 0 saturated carbocycles. The van der Waals surface area contributed by atoms with Crippen LogP contribution in [-0.4, -0.2) is 117 Å². The minimum absolute atomic E-state index is 0.945. The number of nitrogens with one attached hydrogen (secondary N) is 2. The molecule has 5 heterocycles. The van der Waals surface area contributed by atoms with Crippen LogP contribution in [-0.2, 0) is 0 Å². The Balaban J connectivity index is 1.35. The molecule has 8 aromatic carbocycles. The summed E-state index contributed by atoms with van der Waals surface area (Å²) in [6, 6.07) is 70.1. The van der Waals surface area contributed by atoms with Crippen LogP contribution in [0.4, 0.5) is 0 Å². The molecule has 2 N–H and O–H groups in total. The Bertz CT molecular complexity index is 5290. The van der Waals surface area contributed by atoms with Crippen molar-refractivity contribution in [1.82, 2.24) is 19.9 Å². The second-order valence-corrected chi connectivity index (χ2v) is 108. The fourth-order valence-corrected chi connectivity index (χ4v) is 36.5. The first kappa shape index (κ1) is 90.7.